The van der Waals surface area contributed by atoms with E-state index < -0.39 is 5.97 Å². The van der Waals surface area contributed by atoms with Crippen molar-refractivity contribution in [1.29, 1.82) is 0 Å². The van der Waals surface area contributed by atoms with Crippen LogP contribution in [-0.4, -0.2) is 35.1 Å². The van der Waals surface area contributed by atoms with E-state index in [2.05, 4.69) is 25.7 Å². The molecular formula is C12H23NO2. The lowest BCUT2D eigenvalue weighted by molar-refractivity contribution is -0.143. The molecule has 0 aliphatic carbocycles. The number of piperidine rings is 1. The van der Waals surface area contributed by atoms with Gasteiger partial charge in [0.2, 0.25) is 0 Å². The molecule has 0 aromatic heterocycles. The second-order valence-electron chi connectivity index (χ2n) is 5.15. The molecule has 2 atom stereocenters. The Balaban J connectivity index is 2.44. The third-order valence-electron chi connectivity index (χ3n) is 3.24. The monoisotopic (exact) mass is 213 g/mol. The first-order chi connectivity index (χ1) is 7.00. The molecule has 1 rings (SSSR count). The molecule has 2 unspecified atom stereocenters. The van der Waals surface area contributed by atoms with Gasteiger partial charge in [-0.15, -0.1) is 0 Å². The van der Waals surface area contributed by atoms with Crippen molar-refractivity contribution in [2.24, 2.45) is 11.8 Å². The smallest absolute Gasteiger partial charge is 0.307 e. The minimum absolute atomic E-state index is 0.145. The molecule has 1 aliphatic heterocycles. The molecule has 0 aromatic rings. The summed E-state index contributed by atoms with van der Waals surface area (Å²) in [5.41, 5.74) is 0. The molecule has 88 valence electrons. The van der Waals surface area contributed by atoms with E-state index in [1.165, 1.54) is 0 Å². The fraction of sp³-hybridized carbons (Fsp3) is 0.917. The summed E-state index contributed by atoms with van der Waals surface area (Å²) in [4.78, 5) is 13.3. The van der Waals surface area contributed by atoms with Crippen molar-refractivity contribution in [2.45, 2.75) is 46.1 Å². The maximum Gasteiger partial charge on any atom is 0.307 e. The first-order valence-corrected chi connectivity index (χ1v) is 5.97. The summed E-state index contributed by atoms with van der Waals surface area (Å²) in [6.45, 7) is 8.45. The molecule has 0 amide bonds. The number of carboxylic acids is 1. The minimum Gasteiger partial charge on any atom is -0.481 e. The molecule has 0 spiro atoms. The summed E-state index contributed by atoms with van der Waals surface area (Å²) in [6.07, 6.45) is 3.03. The molecule has 1 heterocycles. The maximum absolute atomic E-state index is 10.9. The summed E-state index contributed by atoms with van der Waals surface area (Å²) >= 11 is 0. The standard InChI is InChI=1S/C12H23NO2/c1-9(2)7-10(3)13-6-4-5-11(8-13)12(14)15/h9-11H,4-8H2,1-3H3,(H,14,15). The van der Waals surface area contributed by atoms with Gasteiger partial charge in [0.25, 0.3) is 0 Å². The molecule has 15 heavy (non-hydrogen) atoms. The Morgan fingerprint density at radius 2 is 2.13 bits per heavy atom. The van der Waals surface area contributed by atoms with Crippen molar-refractivity contribution in [3.8, 4) is 0 Å². The molecule has 1 saturated heterocycles. The average Bonchev–Trinajstić information content (AvgIpc) is 2.17. The van der Waals surface area contributed by atoms with Crippen LogP contribution in [0.1, 0.15) is 40.0 Å². The van der Waals surface area contributed by atoms with Crippen molar-refractivity contribution in [1.82, 2.24) is 4.90 Å². The molecule has 3 heteroatoms. The number of carbonyl (C=O) groups is 1. The van der Waals surface area contributed by atoms with Crippen LogP contribution in [-0.2, 0) is 4.79 Å². The second kappa shape index (κ2) is 5.50. The predicted octanol–water partition coefficient (Wildman–Crippen LogP) is 2.22. The van der Waals surface area contributed by atoms with Gasteiger partial charge < -0.3 is 5.11 Å². The highest BCUT2D eigenvalue weighted by atomic mass is 16.4. The lowest BCUT2D eigenvalue weighted by Gasteiger charge is -2.36. The number of hydrogen-bond donors (Lipinski definition) is 1. The van der Waals surface area contributed by atoms with E-state index in [0.29, 0.717) is 12.0 Å². The highest BCUT2D eigenvalue weighted by Crippen LogP contribution is 2.21. The highest BCUT2D eigenvalue weighted by molar-refractivity contribution is 5.70. The van der Waals surface area contributed by atoms with Crippen molar-refractivity contribution in [3.63, 3.8) is 0 Å². The first-order valence-electron chi connectivity index (χ1n) is 5.97. The fourth-order valence-electron chi connectivity index (χ4n) is 2.44. The van der Waals surface area contributed by atoms with E-state index in [4.69, 9.17) is 5.11 Å². The molecule has 0 bridgehead atoms. The van der Waals surface area contributed by atoms with Crippen molar-refractivity contribution in [3.05, 3.63) is 0 Å². The van der Waals surface area contributed by atoms with E-state index >= 15 is 0 Å². The van der Waals surface area contributed by atoms with E-state index in [1.807, 2.05) is 0 Å². The summed E-state index contributed by atoms with van der Waals surface area (Å²) in [6, 6.07) is 0.521. The highest BCUT2D eigenvalue weighted by Gasteiger charge is 2.27. The Kier molecular flexibility index (Phi) is 4.58. The van der Waals surface area contributed by atoms with Gasteiger partial charge in [-0.25, -0.2) is 0 Å². The van der Waals surface area contributed by atoms with Crippen LogP contribution in [0.2, 0.25) is 0 Å². The van der Waals surface area contributed by atoms with E-state index in [9.17, 15) is 4.79 Å². The Hall–Kier alpha value is -0.570. The number of carboxylic acid groups (broad SMARTS) is 1. The molecule has 1 N–H and O–H groups in total. The predicted molar refractivity (Wildman–Crippen MR) is 60.8 cm³/mol. The number of aliphatic carboxylic acids is 1. The Bertz CT molecular complexity index is 216. The van der Waals surface area contributed by atoms with Crippen LogP contribution < -0.4 is 0 Å². The average molecular weight is 213 g/mol. The largest absolute Gasteiger partial charge is 0.481 e. The van der Waals surface area contributed by atoms with Crippen LogP contribution in [0.25, 0.3) is 0 Å². The molecule has 0 radical (unpaired) electrons. The van der Waals surface area contributed by atoms with Gasteiger partial charge >= 0.3 is 5.97 Å². The lowest BCUT2D eigenvalue weighted by Crippen LogP contribution is -2.43. The van der Waals surface area contributed by atoms with Crippen LogP contribution in [0.3, 0.4) is 0 Å². The van der Waals surface area contributed by atoms with Crippen molar-refractivity contribution >= 4 is 5.97 Å². The summed E-state index contributed by atoms with van der Waals surface area (Å²) in [7, 11) is 0. The number of hydrogen-bond acceptors (Lipinski definition) is 2. The number of nitrogens with zero attached hydrogens (tertiary/aromatic N) is 1. The van der Waals surface area contributed by atoms with Crippen LogP contribution >= 0.6 is 0 Å². The van der Waals surface area contributed by atoms with Gasteiger partial charge in [0, 0.05) is 12.6 Å². The molecule has 0 saturated carbocycles. The van der Waals surface area contributed by atoms with Gasteiger partial charge in [0.15, 0.2) is 0 Å². The van der Waals surface area contributed by atoms with Crippen LogP contribution in [0, 0.1) is 11.8 Å². The van der Waals surface area contributed by atoms with Gasteiger partial charge in [-0.2, -0.15) is 0 Å². The molecule has 1 fully saturated rings. The van der Waals surface area contributed by atoms with Crippen LogP contribution in [0.15, 0.2) is 0 Å². The van der Waals surface area contributed by atoms with Gasteiger partial charge in [-0.05, 0) is 38.6 Å². The number of rotatable bonds is 4. The third kappa shape index (κ3) is 3.82. The van der Waals surface area contributed by atoms with Gasteiger partial charge in [0.05, 0.1) is 5.92 Å². The molecule has 0 aromatic carbocycles. The van der Waals surface area contributed by atoms with Crippen LogP contribution in [0.4, 0.5) is 0 Å². The Morgan fingerprint density at radius 3 is 2.67 bits per heavy atom. The molecular weight excluding hydrogens is 190 g/mol. The zero-order chi connectivity index (χ0) is 11.4. The Morgan fingerprint density at radius 1 is 1.47 bits per heavy atom. The molecule has 1 aliphatic rings. The normalized spacial score (nSPS) is 25.5. The minimum atomic E-state index is -0.628. The van der Waals surface area contributed by atoms with E-state index in [-0.39, 0.29) is 5.92 Å². The zero-order valence-corrected chi connectivity index (χ0v) is 10.1. The van der Waals surface area contributed by atoms with E-state index in [0.717, 1.165) is 32.4 Å². The summed E-state index contributed by atoms with van der Waals surface area (Å²) < 4.78 is 0. The molecule has 3 nitrogen and oxygen atoms in total. The zero-order valence-electron chi connectivity index (χ0n) is 10.1. The SMILES string of the molecule is CC(C)CC(C)N1CCCC(C(=O)O)C1. The fourth-order valence-corrected chi connectivity index (χ4v) is 2.44. The Labute approximate surface area is 92.5 Å². The van der Waals surface area contributed by atoms with Crippen molar-refractivity contribution < 1.29 is 9.90 Å². The summed E-state index contributed by atoms with van der Waals surface area (Å²) in [5.74, 6) is -0.0880. The lowest BCUT2D eigenvalue weighted by atomic mass is 9.95. The first kappa shape index (κ1) is 12.5. The third-order valence-corrected chi connectivity index (χ3v) is 3.24. The van der Waals surface area contributed by atoms with Crippen molar-refractivity contribution in [2.75, 3.05) is 13.1 Å². The van der Waals surface area contributed by atoms with Gasteiger partial charge in [0.1, 0.15) is 0 Å². The second-order valence-corrected chi connectivity index (χ2v) is 5.15. The topological polar surface area (TPSA) is 40.5 Å². The van der Waals surface area contributed by atoms with Gasteiger partial charge in [-0.3, -0.25) is 9.69 Å². The van der Waals surface area contributed by atoms with E-state index in [1.54, 1.807) is 0 Å². The summed E-state index contributed by atoms with van der Waals surface area (Å²) in [5, 5.41) is 8.99. The van der Waals surface area contributed by atoms with Gasteiger partial charge in [-0.1, -0.05) is 13.8 Å². The van der Waals surface area contributed by atoms with Crippen LogP contribution in [0.5, 0.6) is 0 Å². The quantitative estimate of drug-likeness (QED) is 0.778. The number of likely N-dealkylation sites (tertiary alicyclic amines) is 1. The maximum atomic E-state index is 10.9.